The SMILES string of the molecule is CCN(C)CC1CCN(C(=O)Nc2ccnn2-c2ccccc2C)C1. The van der Waals surface area contributed by atoms with Crippen molar-refractivity contribution in [3.63, 3.8) is 0 Å². The highest BCUT2D eigenvalue weighted by atomic mass is 16.2. The van der Waals surface area contributed by atoms with Crippen LogP contribution in [0.1, 0.15) is 18.9 Å². The van der Waals surface area contributed by atoms with E-state index in [0.29, 0.717) is 11.7 Å². The summed E-state index contributed by atoms with van der Waals surface area (Å²) in [7, 11) is 2.13. The number of para-hydroxylation sites is 1. The van der Waals surface area contributed by atoms with E-state index in [-0.39, 0.29) is 6.03 Å². The summed E-state index contributed by atoms with van der Waals surface area (Å²) in [6.45, 7) is 7.91. The predicted molar refractivity (Wildman–Crippen MR) is 100 cm³/mol. The number of anilines is 1. The lowest BCUT2D eigenvalue weighted by Gasteiger charge is -2.20. The second-order valence-corrected chi connectivity index (χ2v) is 6.80. The van der Waals surface area contributed by atoms with Crippen LogP contribution < -0.4 is 5.32 Å². The lowest BCUT2D eigenvalue weighted by atomic mass is 10.1. The minimum Gasteiger partial charge on any atom is -0.324 e. The van der Waals surface area contributed by atoms with Crippen LogP contribution in [0.25, 0.3) is 5.69 Å². The third kappa shape index (κ3) is 4.02. The highest BCUT2D eigenvalue weighted by molar-refractivity contribution is 5.89. The molecule has 1 atom stereocenters. The molecule has 2 aromatic rings. The molecule has 0 aliphatic carbocycles. The van der Waals surface area contributed by atoms with Crippen molar-refractivity contribution in [1.82, 2.24) is 19.6 Å². The summed E-state index contributed by atoms with van der Waals surface area (Å²) in [5, 5.41) is 7.39. The molecule has 2 heterocycles. The zero-order chi connectivity index (χ0) is 17.8. The number of hydrogen-bond donors (Lipinski definition) is 1. The van der Waals surface area contributed by atoms with Gasteiger partial charge < -0.3 is 9.80 Å². The van der Waals surface area contributed by atoms with Crippen molar-refractivity contribution in [2.24, 2.45) is 5.92 Å². The van der Waals surface area contributed by atoms with E-state index in [2.05, 4.69) is 29.3 Å². The number of aryl methyl sites for hydroxylation is 1. The summed E-state index contributed by atoms with van der Waals surface area (Å²) < 4.78 is 1.78. The fourth-order valence-corrected chi connectivity index (χ4v) is 3.32. The molecule has 3 rings (SSSR count). The molecule has 1 fully saturated rings. The fraction of sp³-hybridized carbons (Fsp3) is 0.474. The van der Waals surface area contributed by atoms with Gasteiger partial charge in [0, 0.05) is 25.7 Å². The van der Waals surface area contributed by atoms with Gasteiger partial charge in [0.2, 0.25) is 0 Å². The van der Waals surface area contributed by atoms with Crippen LogP contribution in [0.4, 0.5) is 10.6 Å². The van der Waals surface area contributed by atoms with Gasteiger partial charge in [0.1, 0.15) is 5.82 Å². The number of carbonyl (C=O) groups excluding carboxylic acids is 1. The molecular formula is C19H27N5O. The summed E-state index contributed by atoms with van der Waals surface area (Å²) in [5.74, 6) is 1.26. The Morgan fingerprint density at radius 3 is 2.92 bits per heavy atom. The van der Waals surface area contributed by atoms with Gasteiger partial charge in [-0.05, 0) is 44.5 Å². The number of nitrogens with zero attached hydrogens (tertiary/aromatic N) is 4. The van der Waals surface area contributed by atoms with E-state index in [1.807, 2.05) is 42.2 Å². The minimum absolute atomic E-state index is 0.0445. The molecule has 1 unspecified atom stereocenters. The molecule has 2 amide bonds. The number of hydrogen-bond acceptors (Lipinski definition) is 3. The first-order valence-electron chi connectivity index (χ1n) is 8.93. The molecule has 1 aromatic carbocycles. The average Bonchev–Trinajstić information content (AvgIpc) is 3.25. The first-order valence-corrected chi connectivity index (χ1v) is 8.93. The van der Waals surface area contributed by atoms with Crippen LogP contribution in [-0.2, 0) is 0 Å². The van der Waals surface area contributed by atoms with E-state index in [1.54, 1.807) is 10.9 Å². The number of aromatic nitrogens is 2. The van der Waals surface area contributed by atoms with Crippen LogP contribution in [0.5, 0.6) is 0 Å². The summed E-state index contributed by atoms with van der Waals surface area (Å²) in [4.78, 5) is 16.9. The molecule has 0 radical (unpaired) electrons. The van der Waals surface area contributed by atoms with Crippen molar-refractivity contribution >= 4 is 11.8 Å². The molecular weight excluding hydrogens is 314 g/mol. The smallest absolute Gasteiger partial charge is 0.323 e. The zero-order valence-corrected chi connectivity index (χ0v) is 15.3. The van der Waals surface area contributed by atoms with E-state index in [0.717, 1.165) is 43.9 Å². The Hall–Kier alpha value is -2.34. The van der Waals surface area contributed by atoms with Gasteiger partial charge in [-0.2, -0.15) is 5.10 Å². The maximum absolute atomic E-state index is 12.6. The number of nitrogens with one attached hydrogen (secondary N) is 1. The van der Waals surface area contributed by atoms with Gasteiger partial charge in [-0.15, -0.1) is 0 Å². The first kappa shape index (κ1) is 17.5. The Labute approximate surface area is 149 Å². The standard InChI is InChI=1S/C19H27N5O/c1-4-22(3)13-16-10-12-23(14-16)19(25)21-18-9-11-20-24(18)17-8-6-5-7-15(17)2/h5-9,11,16H,4,10,12-14H2,1-3H3,(H,21,25). The number of amides is 2. The number of likely N-dealkylation sites (tertiary alicyclic amines) is 1. The van der Waals surface area contributed by atoms with Crippen LogP contribution in [0, 0.1) is 12.8 Å². The molecule has 25 heavy (non-hydrogen) atoms. The Morgan fingerprint density at radius 1 is 1.36 bits per heavy atom. The summed E-state index contributed by atoms with van der Waals surface area (Å²) in [5.41, 5.74) is 2.09. The van der Waals surface area contributed by atoms with Crippen LogP contribution in [0.3, 0.4) is 0 Å². The summed E-state index contributed by atoms with van der Waals surface area (Å²) in [6.07, 6.45) is 2.78. The molecule has 0 spiro atoms. The topological polar surface area (TPSA) is 53.4 Å². The van der Waals surface area contributed by atoms with Crippen molar-refractivity contribution in [3.05, 3.63) is 42.1 Å². The third-order valence-corrected chi connectivity index (χ3v) is 4.90. The number of benzene rings is 1. The van der Waals surface area contributed by atoms with Gasteiger partial charge in [-0.25, -0.2) is 9.48 Å². The second-order valence-electron chi connectivity index (χ2n) is 6.80. The number of urea groups is 1. The van der Waals surface area contributed by atoms with Crippen LogP contribution in [0.15, 0.2) is 36.5 Å². The van der Waals surface area contributed by atoms with Crippen LogP contribution in [-0.4, -0.2) is 58.8 Å². The van der Waals surface area contributed by atoms with Gasteiger partial charge in [-0.3, -0.25) is 5.32 Å². The largest absolute Gasteiger partial charge is 0.324 e. The third-order valence-electron chi connectivity index (χ3n) is 4.90. The van der Waals surface area contributed by atoms with Gasteiger partial charge in [0.15, 0.2) is 0 Å². The van der Waals surface area contributed by atoms with Crippen molar-refractivity contribution in [1.29, 1.82) is 0 Å². The van der Waals surface area contributed by atoms with Gasteiger partial charge in [0.05, 0.1) is 11.9 Å². The average molecular weight is 341 g/mol. The molecule has 134 valence electrons. The van der Waals surface area contributed by atoms with Crippen molar-refractivity contribution in [2.45, 2.75) is 20.3 Å². The van der Waals surface area contributed by atoms with Crippen molar-refractivity contribution in [3.8, 4) is 5.69 Å². The highest BCUT2D eigenvalue weighted by Gasteiger charge is 2.27. The lowest BCUT2D eigenvalue weighted by Crippen LogP contribution is -2.35. The summed E-state index contributed by atoms with van der Waals surface area (Å²) >= 11 is 0. The predicted octanol–water partition coefficient (Wildman–Crippen LogP) is 2.99. The zero-order valence-electron chi connectivity index (χ0n) is 15.3. The van der Waals surface area contributed by atoms with E-state index in [9.17, 15) is 4.79 Å². The Morgan fingerprint density at radius 2 is 2.16 bits per heavy atom. The normalized spacial score (nSPS) is 17.3. The van der Waals surface area contributed by atoms with E-state index in [4.69, 9.17) is 0 Å². The van der Waals surface area contributed by atoms with Crippen LogP contribution >= 0.6 is 0 Å². The van der Waals surface area contributed by atoms with Gasteiger partial charge in [0.25, 0.3) is 0 Å². The Bertz CT molecular complexity index is 726. The molecule has 6 nitrogen and oxygen atoms in total. The number of rotatable bonds is 5. The Kier molecular flexibility index (Phi) is 5.38. The van der Waals surface area contributed by atoms with Gasteiger partial charge in [-0.1, -0.05) is 25.1 Å². The Balaban J connectivity index is 1.65. The summed E-state index contributed by atoms with van der Waals surface area (Å²) in [6, 6.07) is 9.81. The van der Waals surface area contributed by atoms with Crippen molar-refractivity contribution in [2.75, 3.05) is 38.5 Å². The molecule has 1 N–H and O–H groups in total. The monoisotopic (exact) mass is 341 g/mol. The maximum Gasteiger partial charge on any atom is 0.323 e. The molecule has 6 heteroatoms. The molecule has 0 saturated carbocycles. The minimum atomic E-state index is -0.0445. The molecule has 1 aromatic heterocycles. The first-order chi connectivity index (χ1) is 12.1. The molecule has 1 saturated heterocycles. The highest BCUT2D eigenvalue weighted by Crippen LogP contribution is 2.21. The van der Waals surface area contributed by atoms with Crippen LogP contribution in [0.2, 0.25) is 0 Å². The van der Waals surface area contributed by atoms with E-state index in [1.165, 1.54) is 0 Å². The molecule has 1 aliphatic heterocycles. The lowest BCUT2D eigenvalue weighted by molar-refractivity contribution is 0.217. The molecule has 0 bridgehead atoms. The maximum atomic E-state index is 12.6. The van der Waals surface area contributed by atoms with Gasteiger partial charge >= 0.3 is 6.03 Å². The second kappa shape index (κ2) is 7.70. The van der Waals surface area contributed by atoms with Crippen molar-refractivity contribution < 1.29 is 4.79 Å². The fourth-order valence-electron chi connectivity index (χ4n) is 3.32. The molecule has 1 aliphatic rings. The quantitative estimate of drug-likeness (QED) is 0.910. The number of carbonyl (C=O) groups is 1. The van der Waals surface area contributed by atoms with E-state index >= 15 is 0 Å². The van der Waals surface area contributed by atoms with E-state index < -0.39 is 0 Å².